The molecule has 0 saturated carbocycles. The van der Waals surface area contributed by atoms with Crippen LogP contribution in [0.3, 0.4) is 0 Å². The molecule has 24 heavy (non-hydrogen) atoms. The Morgan fingerprint density at radius 1 is 1.21 bits per heavy atom. The van der Waals surface area contributed by atoms with Gasteiger partial charge in [-0.05, 0) is 29.8 Å². The number of carbonyl (C=O) groups is 1. The van der Waals surface area contributed by atoms with Crippen LogP contribution in [-0.2, 0) is 17.8 Å². The molecule has 0 fully saturated rings. The minimum Gasteiger partial charge on any atom is -0.352 e. The molecule has 6 heteroatoms. The lowest BCUT2D eigenvalue weighted by atomic mass is 10.2. The molecule has 1 heterocycles. The number of nitrogens with zero attached hydrogens (tertiary/aromatic N) is 1. The zero-order valence-corrected chi connectivity index (χ0v) is 15.0. The van der Waals surface area contributed by atoms with Gasteiger partial charge in [-0.1, -0.05) is 40.2 Å². The van der Waals surface area contributed by atoms with E-state index in [0.717, 1.165) is 26.3 Å². The molecule has 1 aromatic heterocycles. The first-order valence-electron chi connectivity index (χ1n) is 7.31. The van der Waals surface area contributed by atoms with E-state index in [1.807, 2.05) is 29.6 Å². The predicted octanol–water partition coefficient (Wildman–Crippen LogP) is 4.57. The van der Waals surface area contributed by atoms with Crippen LogP contribution < -0.4 is 5.32 Å². The summed E-state index contributed by atoms with van der Waals surface area (Å²) in [5, 5.41) is 5.60. The molecule has 3 rings (SSSR count). The highest BCUT2D eigenvalue weighted by Crippen LogP contribution is 2.26. The Bertz CT molecular complexity index is 848. The summed E-state index contributed by atoms with van der Waals surface area (Å²) >= 11 is 4.96. The van der Waals surface area contributed by atoms with Gasteiger partial charge in [-0.2, -0.15) is 0 Å². The molecule has 1 N–H and O–H groups in total. The van der Waals surface area contributed by atoms with Gasteiger partial charge in [0.15, 0.2) is 0 Å². The monoisotopic (exact) mass is 404 g/mol. The molecule has 0 aliphatic carbocycles. The largest absolute Gasteiger partial charge is 0.352 e. The van der Waals surface area contributed by atoms with Crippen molar-refractivity contribution in [1.82, 2.24) is 10.3 Å². The van der Waals surface area contributed by atoms with Gasteiger partial charge in [-0.3, -0.25) is 4.79 Å². The zero-order chi connectivity index (χ0) is 16.9. The molecule has 0 aliphatic heterocycles. The van der Waals surface area contributed by atoms with Crippen LogP contribution in [0.15, 0.2) is 58.4 Å². The van der Waals surface area contributed by atoms with Gasteiger partial charge in [0.25, 0.3) is 0 Å². The third-order valence-corrected chi connectivity index (χ3v) is 4.80. The van der Waals surface area contributed by atoms with Crippen LogP contribution in [0.4, 0.5) is 4.39 Å². The van der Waals surface area contributed by atoms with Gasteiger partial charge in [-0.15, -0.1) is 11.3 Å². The van der Waals surface area contributed by atoms with E-state index in [0.29, 0.717) is 6.54 Å². The Morgan fingerprint density at radius 2 is 2.00 bits per heavy atom. The summed E-state index contributed by atoms with van der Waals surface area (Å²) in [5.74, 6) is -0.391. The first kappa shape index (κ1) is 16.8. The normalized spacial score (nSPS) is 10.6. The van der Waals surface area contributed by atoms with Crippen LogP contribution in [0.1, 0.15) is 11.3 Å². The minimum absolute atomic E-state index is 0.106. The molecular formula is C18H14BrFN2OS. The molecule has 1 amide bonds. The molecule has 0 spiro atoms. The van der Waals surface area contributed by atoms with Crippen molar-refractivity contribution in [3.8, 4) is 10.6 Å². The maximum atomic E-state index is 12.8. The summed E-state index contributed by atoms with van der Waals surface area (Å²) in [5.41, 5.74) is 2.62. The molecule has 0 radical (unpaired) electrons. The number of hydrogen-bond acceptors (Lipinski definition) is 3. The molecule has 3 aromatic rings. The highest BCUT2D eigenvalue weighted by molar-refractivity contribution is 9.10. The van der Waals surface area contributed by atoms with Crippen LogP contribution in [0, 0.1) is 5.82 Å². The average Bonchev–Trinajstić information content (AvgIpc) is 3.03. The first-order chi connectivity index (χ1) is 11.6. The summed E-state index contributed by atoms with van der Waals surface area (Å²) in [6, 6.07) is 14.0. The fourth-order valence-electron chi connectivity index (χ4n) is 2.17. The van der Waals surface area contributed by atoms with Crippen molar-refractivity contribution in [3.63, 3.8) is 0 Å². The molecule has 122 valence electrons. The highest BCUT2D eigenvalue weighted by Gasteiger charge is 2.09. The molecule has 3 nitrogen and oxygen atoms in total. The Balaban J connectivity index is 1.58. The summed E-state index contributed by atoms with van der Waals surface area (Å²) in [4.78, 5) is 16.5. The second-order valence-corrected chi connectivity index (χ2v) is 7.01. The van der Waals surface area contributed by atoms with E-state index in [4.69, 9.17) is 0 Å². The first-order valence-corrected chi connectivity index (χ1v) is 8.99. The van der Waals surface area contributed by atoms with E-state index in [1.54, 1.807) is 12.1 Å². The molecule has 0 bridgehead atoms. The summed E-state index contributed by atoms with van der Waals surface area (Å²) < 4.78 is 13.8. The van der Waals surface area contributed by atoms with Crippen molar-refractivity contribution >= 4 is 33.2 Å². The fourth-order valence-corrected chi connectivity index (χ4v) is 3.39. The molecule has 0 aliphatic rings. The Kier molecular flexibility index (Phi) is 5.37. The van der Waals surface area contributed by atoms with E-state index < -0.39 is 0 Å². The van der Waals surface area contributed by atoms with E-state index in [2.05, 4.69) is 26.2 Å². The van der Waals surface area contributed by atoms with Crippen LogP contribution in [-0.4, -0.2) is 10.9 Å². The van der Waals surface area contributed by atoms with Crippen LogP contribution >= 0.6 is 27.3 Å². The van der Waals surface area contributed by atoms with Gasteiger partial charge in [-0.25, -0.2) is 9.37 Å². The lowest BCUT2D eigenvalue weighted by Crippen LogP contribution is -2.24. The number of nitrogens with one attached hydrogen (secondary N) is 1. The number of halogens is 2. The maximum Gasteiger partial charge on any atom is 0.226 e. The van der Waals surface area contributed by atoms with Crippen molar-refractivity contribution in [2.75, 3.05) is 0 Å². The zero-order valence-electron chi connectivity index (χ0n) is 12.6. The Labute approximate surface area is 151 Å². The summed E-state index contributed by atoms with van der Waals surface area (Å²) in [7, 11) is 0. The second-order valence-electron chi connectivity index (χ2n) is 5.23. The van der Waals surface area contributed by atoms with Gasteiger partial charge in [0, 0.05) is 22.0 Å². The molecular weight excluding hydrogens is 391 g/mol. The van der Waals surface area contributed by atoms with Gasteiger partial charge in [0.1, 0.15) is 10.8 Å². The molecule has 0 atom stereocenters. The van der Waals surface area contributed by atoms with Gasteiger partial charge in [0.05, 0.1) is 12.1 Å². The van der Waals surface area contributed by atoms with E-state index in [-0.39, 0.29) is 18.1 Å². The summed E-state index contributed by atoms with van der Waals surface area (Å²) in [6.07, 6.45) is 0.228. The van der Waals surface area contributed by atoms with Crippen LogP contribution in [0.2, 0.25) is 0 Å². The number of thiazole rings is 1. The SMILES string of the molecule is O=C(Cc1csc(-c2cccc(Br)c2)n1)NCc1ccc(F)cc1. The molecule has 2 aromatic carbocycles. The lowest BCUT2D eigenvalue weighted by molar-refractivity contribution is -0.120. The van der Waals surface area contributed by atoms with Gasteiger partial charge >= 0.3 is 0 Å². The standard InChI is InChI=1S/C18H14BrFN2OS/c19-14-3-1-2-13(8-14)18-22-16(11-24-18)9-17(23)21-10-12-4-6-15(20)7-5-12/h1-8,11H,9-10H2,(H,21,23). The van der Waals surface area contributed by atoms with Crippen molar-refractivity contribution < 1.29 is 9.18 Å². The summed E-state index contributed by atoms with van der Waals surface area (Å²) in [6.45, 7) is 0.377. The molecule has 0 saturated heterocycles. The van der Waals surface area contributed by atoms with Crippen molar-refractivity contribution in [1.29, 1.82) is 0 Å². The molecule has 0 unspecified atom stereocenters. The van der Waals surface area contributed by atoms with Crippen molar-refractivity contribution in [3.05, 3.63) is 75.5 Å². The van der Waals surface area contributed by atoms with Gasteiger partial charge in [0.2, 0.25) is 5.91 Å². The van der Waals surface area contributed by atoms with E-state index in [9.17, 15) is 9.18 Å². The van der Waals surface area contributed by atoms with E-state index in [1.165, 1.54) is 23.5 Å². The van der Waals surface area contributed by atoms with Crippen molar-refractivity contribution in [2.45, 2.75) is 13.0 Å². The van der Waals surface area contributed by atoms with Crippen LogP contribution in [0.5, 0.6) is 0 Å². The number of amides is 1. The number of hydrogen-bond donors (Lipinski definition) is 1. The number of benzene rings is 2. The predicted molar refractivity (Wildman–Crippen MR) is 97.2 cm³/mol. The third-order valence-electron chi connectivity index (χ3n) is 3.37. The minimum atomic E-state index is -0.285. The Hall–Kier alpha value is -2.05. The number of aromatic nitrogens is 1. The Morgan fingerprint density at radius 3 is 2.75 bits per heavy atom. The number of carbonyl (C=O) groups excluding carboxylic acids is 1. The second kappa shape index (κ2) is 7.68. The maximum absolute atomic E-state index is 12.8. The number of rotatable bonds is 5. The van der Waals surface area contributed by atoms with Gasteiger partial charge < -0.3 is 5.32 Å². The van der Waals surface area contributed by atoms with Crippen molar-refractivity contribution in [2.24, 2.45) is 0 Å². The van der Waals surface area contributed by atoms with E-state index >= 15 is 0 Å². The topological polar surface area (TPSA) is 42.0 Å². The quantitative estimate of drug-likeness (QED) is 0.676. The third kappa shape index (κ3) is 4.49. The fraction of sp³-hybridized carbons (Fsp3) is 0.111. The highest BCUT2D eigenvalue weighted by atomic mass is 79.9. The smallest absolute Gasteiger partial charge is 0.226 e. The van der Waals surface area contributed by atoms with Crippen LogP contribution in [0.25, 0.3) is 10.6 Å². The lowest BCUT2D eigenvalue weighted by Gasteiger charge is -2.04. The average molecular weight is 405 g/mol.